The molecular formula is C20H43NO2. The fourth-order valence-electron chi connectivity index (χ4n) is 3.03. The van der Waals surface area contributed by atoms with E-state index >= 15 is 0 Å². The van der Waals surface area contributed by atoms with Gasteiger partial charge in [-0.05, 0) is 25.8 Å². The second kappa shape index (κ2) is 16.7. The first-order chi connectivity index (χ1) is 11.1. The number of aliphatic hydroxyl groups excluding tert-OH is 2. The molecule has 0 heterocycles. The van der Waals surface area contributed by atoms with E-state index in [-0.39, 0.29) is 12.2 Å². The fraction of sp³-hybridized carbons (Fsp3) is 1.00. The summed E-state index contributed by atoms with van der Waals surface area (Å²) in [6.45, 7) is 9.02. The molecule has 0 saturated carbocycles. The topological polar surface area (TPSA) is 43.7 Å². The molecule has 0 aliphatic rings. The van der Waals surface area contributed by atoms with Crippen LogP contribution in [0.4, 0.5) is 0 Å². The van der Waals surface area contributed by atoms with Gasteiger partial charge in [-0.25, -0.2) is 0 Å². The van der Waals surface area contributed by atoms with Crippen LogP contribution in [0.25, 0.3) is 0 Å². The average Bonchev–Trinajstić information content (AvgIpc) is 2.54. The molecule has 0 aromatic heterocycles. The lowest BCUT2D eigenvalue weighted by Gasteiger charge is -2.27. The van der Waals surface area contributed by atoms with Crippen molar-refractivity contribution in [3.63, 3.8) is 0 Å². The Morgan fingerprint density at radius 3 is 1.52 bits per heavy atom. The first-order valence-corrected chi connectivity index (χ1v) is 10.2. The van der Waals surface area contributed by atoms with Crippen molar-refractivity contribution in [1.29, 1.82) is 0 Å². The smallest absolute Gasteiger partial charge is 0.0667 e. The van der Waals surface area contributed by atoms with Gasteiger partial charge >= 0.3 is 0 Å². The summed E-state index contributed by atoms with van der Waals surface area (Å²) < 4.78 is 0. The summed E-state index contributed by atoms with van der Waals surface area (Å²) in [5.41, 5.74) is 0. The molecule has 0 bridgehead atoms. The summed E-state index contributed by atoms with van der Waals surface area (Å²) in [5, 5.41) is 20.4. The second-order valence-corrected chi connectivity index (χ2v) is 7.12. The first-order valence-electron chi connectivity index (χ1n) is 10.2. The third kappa shape index (κ3) is 15.2. The average molecular weight is 330 g/mol. The van der Waals surface area contributed by atoms with E-state index in [0.29, 0.717) is 0 Å². The molecule has 0 saturated heterocycles. The monoisotopic (exact) mass is 329 g/mol. The van der Waals surface area contributed by atoms with Crippen LogP contribution in [0.3, 0.4) is 0 Å². The zero-order valence-corrected chi connectivity index (χ0v) is 16.1. The predicted octanol–water partition coefficient (Wildman–Crippen LogP) is 4.75. The standard InChI is InChI=1S/C20H43NO2/c1-4-7-10-11-12-13-16-21(17-19(22)14-8-5-2)18-20(23)15-9-6-3/h19-20,22-23H,4-18H2,1-3H3. The third-order valence-corrected chi connectivity index (χ3v) is 4.55. The van der Waals surface area contributed by atoms with E-state index in [1.165, 1.54) is 38.5 Å². The number of rotatable bonds is 17. The van der Waals surface area contributed by atoms with Crippen LogP contribution in [-0.2, 0) is 0 Å². The van der Waals surface area contributed by atoms with Crippen LogP contribution < -0.4 is 0 Å². The normalized spacial score (nSPS) is 14.3. The lowest BCUT2D eigenvalue weighted by atomic mass is 10.1. The van der Waals surface area contributed by atoms with Crippen LogP contribution in [0, 0.1) is 0 Å². The van der Waals surface area contributed by atoms with E-state index in [1.807, 2.05) is 0 Å². The Morgan fingerprint density at radius 2 is 1.04 bits per heavy atom. The number of aliphatic hydroxyl groups is 2. The molecule has 0 spiro atoms. The highest BCUT2D eigenvalue weighted by molar-refractivity contribution is 4.69. The van der Waals surface area contributed by atoms with Gasteiger partial charge in [0, 0.05) is 13.1 Å². The van der Waals surface area contributed by atoms with Gasteiger partial charge in [-0.15, -0.1) is 0 Å². The van der Waals surface area contributed by atoms with E-state index in [0.717, 1.165) is 58.2 Å². The van der Waals surface area contributed by atoms with Gasteiger partial charge in [-0.3, -0.25) is 4.90 Å². The Kier molecular flexibility index (Phi) is 16.6. The van der Waals surface area contributed by atoms with E-state index in [1.54, 1.807) is 0 Å². The molecule has 140 valence electrons. The summed E-state index contributed by atoms with van der Waals surface area (Å²) in [4.78, 5) is 2.29. The molecule has 3 heteroatoms. The maximum Gasteiger partial charge on any atom is 0.0667 e. The summed E-state index contributed by atoms with van der Waals surface area (Å²) in [6.07, 6.45) is 13.5. The van der Waals surface area contributed by atoms with Crippen LogP contribution in [0.1, 0.15) is 97.8 Å². The van der Waals surface area contributed by atoms with E-state index < -0.39 is 0 Å². The molecule has 0 amide bonds. The molecule has 0 fully saturated rings. The molecule has 23 heavy (non-hydrogen) atoms. The van der Waals surface area contributed by atoms with E-state index in [9.17, 15) is 10.2 Å². The molecule has 0 aromatic rings. The van der Waals surface area contributed by atoms with Crippen LogP contribution >= 0.6 is 0 Å². The maximum absolute atomic E-state index is 10.2. The Hall–Kier alpha value is -0.120. The number of unbranched alkanes of at least 4 members (excludes halogenated alkanes) is 7. The van der Waals surface area contributed by atoms with Crippen molar-refractivity contribution < 1.29 is 10.2 Å². The van der Waals surface area contributed by atoms with Gasteiger partial charge in [0.05, 0.1) is 12.2 Å². The Labute approximate surface area is 145 Å². The molecule has 0 aliphatic heterocycles. The molecule has 0 aromatic carbocycles. The van der Waals surface area contributed by atoms with Crippen molar-refractivity contribution >= 4 is 0 Å². The first kappa shape index (κ1) is 22.9. The lowest BCUT2D eigenvalue weighted by Crippen LogP contribution is -2.38. The fourth-order valence-corrected chi connectivity index (χ4v) is 3.03. The summed E-state index contributed by atoms with van der Waals surface area (Å²) in [7, 11) is 0. The molecule has 0 rings (SSSR count). The lowest BCUT2D eigenvalue weighted by molar-refractivity contribution is 0.0600. The van der Waals surface area contributed by atoms with Gasteiger partial charge < -0.3 is 10.2 Å². The summed E-state index contributed by atoms with van der Waals surface area (Å²) in [6, 6.07) is 0. The van der Waals surface area contributed by atoms with E-state index in [4.69, 9.17) is 0 Å². The Balaban J connectivity index is 4.09. The molecule has 2 unspecified atom stereocenters. The van der Waals surface area contributed by atoms with Crippen molar-refractivity contribution in [3.05, 3.63) is 0 Å². The molecule has 0 aliphatic carbocycles. The quantitative estimate of drug-likeness (QED) is 0.378. The Bertz CT molecular complexity index is 220. The van der Waals surface area contributed by atoms with Gasteiger partial charge in [0.2, 0.25) is 0 Å². The zero-order valence-electron chi connectivity index (χ0n) is 16.1. The van der Waals surface area contributed by atoms with Gasteiger partial charge in [0.25, 0.3) is 0 Å². The Morgan fingerprint density at radius 1 is 0.609 bits per heavy atom. The number of hydrogen-bond acceptors (Lipinski definition) is 3. The van der Waals surface area contributed by atoms with Gasteiger partial charge in [0.15, 0.2) is 0 Å². The largest absolute Gasteiger partial charge is 0.392 e. The molecule has 2 atom stereocenters. The summed E-state index contributed by atoms with van der Waals surface area (Å²) in [5.74, 6) is 0. The minimum absolute atomic E-state index is 0.242. The highest BCUT2D eigenvalue weighted by Gasteiger charge is 2.15. The van der Waals surface area contributed by atoms with Crippen LogP contribution in [0.2, 0.25) is 0 Å². The van der Waals surface area contributed by atoms with Gasteiger partial charge in [0.1, 0.15) is 0 Å². The maximum atomic E-state index is 10.2. The second-order valence-electron chi connectivity index (χ2n) is 7.12. The predicted molar refractivity (Wildman–Crippen MR) is 101 cm³/mol. The van der Waals surface area contributed by atoms with E-state index in [2.05, 4.69) is 25.7 Å². The van der Waals surface area contributed by atoms with Gasteiger partial charge in [-0.2, -0.15) is 0 Å². The number of nitrogens with zero attached hydrogens (tertiary/aromatic N) is 1. The SMILES string of the molecule is CCCCCCCCN(CC(O)CCCC)CC(O)CCCC. The van der Waals surface area contributed by atoms with Gasteiger partial charge in [-0.1, -0.05) is 78.6 Å². The van der Waals surface area contributed by atoms with Crippen molar-refractivity contribution in [1.82, 2.24) is 4.90 Å². The molecule has 2 N–H and O–H groups in total. The van der Waals surface area contributed by atoms with Crippen LogP contribution in [-0.4, -0.2) is 47.0 Å². The molecular weight excluding hydrogens is 286 g/mol. The summed E-state index contributed by atoms with van der Waals surface area (Å²) >= 11 is 0. The third-order valence-electron chi connectivity index (χ3n) is 4.55. The highest BCUT2D eigenvalue weighted by atomic mass is 16.3. The molecule has 0 radical (unpaired) electrons. The van der Waals surface area contributed by atoms with Crippen LogP contribution in [0.5, 0.6) is 0 Å². The minimum atomic E-state index is -0.242. The van der Waals surface area contributed by atoms with Crippen molar-refractivity contribution in [3.8, 4) is 0 Å². The zero-order chi connectivity index (χ0) is 17.3. The van der Waals surface area contributed by atoms with Crippen LogP contribution in [0.15, 0.2) is 0 Å². The highest BCUT2D eigenvalue weighted by Crippen LogP contribution is 2.10. The van der Waals surface area contributed by atoms with Crippen molar-refractivity contribution in [2.75, 3.05) is 19.6 Å². The van der Waals surface area contributed by atoms with Crippen molar-refractivity contribution in [2.45, 2.75) is 110 Å². The molecule has 3 nitrogen and oxygen atoms in total. The number of hydrogen-bond donors (Lipinski definition) is 2. The minimum Gasteiger partial charge on any atom is -0.392 e. The van der Waals surface area contributed by atoms with Crippen molar-refractivity contribution in [2.24, 2.45) is 0 Å².